The van der Waals surface area contributed by atoms with Gasteiger partial charge in [0.2, 0.25) is 0 Å². The predicted molar refractivity (Wildman–Crippen MR) is 75.5 cm³/mol. The second kappa shape index (κ2) is 4.54. The minimum Gasteiger partial charge on any atom is -0.202 e. The fourth-order valence-corrected chi connectivity index (χ4v) is 22.3. The quantitative estimate of drug-likeness (QED) is 0.405. The first-order valence-electron chi connectivity index (χ1n) is 3.46. The van der Waals surface area contributed by atoms with Crippen molar-refractivity contribution in [1.82, 2.24) is 0 Å². The van der Waals surface area contributed by atoms with Crippen LogP contribution < -0.4 is 0 Å². The molecule has 1 unspecified atom stereocenters. The van der Waals surface area contributed by atoms with E-state index >= 15 is 0 Å². The molecule has 11 heteroatoms. The lowest BCUT2D eigenvalue weighted by Gasteiger charge is -2.24. The third kappa shape index (κ3) is 3.67. The van der Waals surface area contributed by atoms with Crippen LogP contribution >= 0.6 is 78.2 Å². The van der Waals surface area contributed by atoms with Gasteiger partial charge in [-0.25, -0.2) is 9.03 Å². The van der Waals surface area contributed by atoms with Gasteiger partial charge in [-0.15, -0.1) is 0 Å². The Morgan fingerprint density at radius 3 is 1.71 bits per heavy atom. The smallest absolute Gasteiger partial charge is 0.202 e. The summed E-state index contributed by atoms with van der Waals surface area (Å²) >= 11 is 27.1. The van der Waals surface area contributed by atoms with E-state index in [2.05, 4.69) is 29.0 Å². The highest BCUT2D eigenvalue weighted by Gasteiger charge is 2.33. The summed E-state index contributed by atoms with van der Waals surface area (Å²) in [5.74, 6) is -7.63. The maximum atomic E-state index is 5.92. The van der Waals surface area contributed by atoms with Crippen molar-refractivity contribution < 1.29 is 0 Å². The van der Waals surface area contributed by atoms with Crippen molar-refractivity contribution in [3.05, 3.63) is 0 Å². The lowest BCUT2D eigenvalue weighted by atomic mass is 10.6. The molecule has 14 heavy (non-hydrogen) atoms. The van der Waals surface area contributed by atoms with Crippen LogP contribution in [0.3, 0.4) is 0 Å². The van der Waals surface area contributed by atoms with E-state index in [-0.39, 0.29) is 5.66 Å². The molecule has 0 fully saturated rings. The van der Waals surface area contributed by atoms with E-state index in [1.54, 1.807) is 0 Å². The molecule has 1 aliphatic heterocycles. The normalized spacial score (nSPS) is 34.3. The molecule has 0 saturated carbocycles. The fraction of sp³-hybridized carbons (Fsp3) is 1.00. The zero-order valence-corrected chi connectivity index (χ0v) is 14.4. The van der Waals surface area contributed by atoms with Gasteiger partial charge >= 0.3 is 0 Å². The number of hydrogen-bond acceptors (Lipinski definition) is 3. The average molecular weight is 400 g/mol. The summed E-state index contributed by atoms with van der Waals surface area (Å²) < 4.78 is 12.3. The van der Waals surface area contributed by atoms with Crippen molar-refractivity contribution in [3.63, 3.8) is 0 Å². The summed E-state index contributed by atoms with van der Waals surface area (Å²) in [6.45, 7) is 3.92. The van der Waals surface area contributed by atoms with Gasteiger partial charge in [0.1, 0.15) is 5.91 Å². The van der Waals surface area contributed by atoms with E-state index in [1.807, 2.05) is 13.8 Å². The highest BCUT2D eigenvalue weighted by Crippen LogP contribution is 2.88. The Kier molecular flexibility index (Phi) is 4.67. The first kappa shape index (κ1) is 14.4. The molecule has 0 bridgehead atoms. The van der Waals surface area contributed by atoms with Gasteiger partial charge in [-0.05, 0) is 60.5 Å². The molecule has 1 heterocycles. The predicted octanol–water partition coefficient (Wildman–Crippen LogP) is 7.68. The summed E-state index contributed by atoms with van der Waals surface area (Å²) in [7, 11) is 0. The summed E-state index contributed by atoms with van der Waals surface area (Å²) in [5, 5.41) is 0. The Labute approximate surface area is 110 Å². The average Bonchev–Trinajstić information content (AvgIpc) is 1.76. The van der Waals surface area contributed by atoms with Crippen molar-refractivity contribution >= 4 is 78.2 Å². The van der Waals surface area contributed by atoms with Gasteiger partial charge in [0, 0.05) is 5.66 Å². The fourth-order valence-electron chi connectivity index (χ4n) is 0.692. The lowest BCUT2D eigenvalue weighted by molar-refractivity contribution is 1.09. The van der Waals surface area contributed by atoms with Gasteiger partial charge in [0.25, 0.3) is 11.8 Å². The van der Waals surface area contributed by atoms with Gasteiger partial charge < -0.3 is 0 Å². The Morgan fingerprint density at radius 1 is 0.929 bits per heavy atom. The monoisotopic (exact) mass is 397 g/mol. The molecule has 0 aromatic carbocycles. The minimum atomic E-state index is -2.74. The molecule has 0 aromatic rings. The van der Waals surface area contributed by atoms with Crippen LogP contribution in [0.4, 0.5) is 0 Å². The van der Waals surface area contributed by atoms with Crippen LogP contribution in [-0.4, -0.2) is 5.66 Å². The van der Waals surface area contributed by atoms with E-state index in [1.165, 1.54) is 0 Å². The molecule has 0 aromatic heterocycles. The summed E-state index contributed by atoms with van der Waals surface area (Å²) in [5.41, 5.74) is 0.159. The Hall–Kier alpha value is 2.33. The number of halogens is 5. The molecule has 1 atom stereocenters. The van der Waals surface area contributed by atoms with Crippen LogP contribution in [0.15, 0.2) is 13.5 Å². The number of hydrogen-bond donors (Lipinski definition) is 0. The molecule has 0 saturated heterocycles. The molecular formula is C3H7BrCl4N3P3. The molecular weight excluding hydrogens is 393 g/mol. The van der Waals surface area contributed by atoms with Gasteiger partial charge in [-0.2, -0.15) is 4.52 Å². The summed E-state index contributed by atoms with van der Waals surface area (Å²) in [4.78, 5) is 0. The lowest BCUT2D eigenvalue weighted by Crippen LogP contribution is -1.89. The molecule has 84 valence electrons. The van der Waals surface area contributed by atoms with E-state index in [9.17, 15) is 0 Å². The maximum Gasteiger partial charge on any atom is 0.256 e. The molecule has 0 N–H and O–H groups in total. The van der Waals surface area contributed by atoms with Gasteiger partial charge in [-0.3, -0.25) is 0 Å². The Balaban J connectivity index is 3.49. The summed E-state index contributed by atoms with van der Waals surface area (Å²) in [6.07, 6.45) is 0. The molecule has 0 spiro atoms. The zero-order valence-electron chi connectivity index (χ0n) is 7.15. The van der Waals surface area contributed by atoms with Crippen LogP contribution in [-0.2, 0) is 0 Å². The highest BCUT2D eigenvalue weighted by atomic mass is 79.9. The Bertz CT molecular complexity index is 398. The number of nitrogens with zero attached hydrogens (tertiary/aromatic N) is 3. The van der Waals surface area contributed by atoms with Crippen molar-refractivity contribution in [1.29, 1.82) is 0 Å². The van der Waals surface area contributed by atoms with Crippen LogP contribution in [0.25, 0.3) is 0 Å². The second-order valence-corrected chi connectivity index (χ2v) is 18.8. The van der Waals surface area contributed by atoms with E-state index in [0.29, 0.717) is 0 Å². The molecule has 0 radical (unpaired) electrons. The molecule has 0 aliphatic carbocycles. The maximum absolute atomic E-state index is 5.92. The number of rotatable bonds is 1. The molecule has 3 nitrogen and oxygen atoms in total. The first-order chi connectivity index (χ1) is 6.06. The topological polar surface area (TPSA) is 37.1 Å². The SMILES string of the molecule is CC(C)P1(Br)=NP(Cl)(Cl)=NP(Cl)(Cl)=N1. The first-order valence-corrected chi connectivity index (χ1v) is 14.2. The molecule has 1 aliphatic rings. The Morgan fingerprint density at radius 2 is 1.36 bits per heavy atom. The highest BCUT2D eigenvalue weighted by molar-refractivity contribution is 9.40. The standard InChI is InChI=1S/C3H7BrCl4N3P3/c1-3(2)12(4)9-13(5,6)11-14(7,8)10-12/h3H,1-2H3. The molecule has 1 rings (SSSR count). The van der Waals surface area contributed by atoms with E-state index in [0.717, 1.165) is 0 Å². The largest absolute Gasteiger partial charge is 0.256 e. The molecule has 0 amide bonds. The van der Waals surface area contributed by atoms with Gasteiger partial charge in [0.05, 0.1) is 0 Å². The van der Waals surface area contributed by atoms with Gasteiger partial charge in [-0.1, -0.05) is 13.8 Å². The van der Waals surface area contributed by atoms with Crippen LogP contribution in [0.2, 0.25) is 0 Å². The van der Waals surface area contributed by atoms with Crippen molar-refractivity contribution in [2.45, 2.75) is 19.5 Å². The minimum absolute atomic E-state index is 0.159. The second-order valence-electron chi connectivity index (χ2n) is 2.84. The van der Waals surface area contributed by atoms with Crippen LogP contribution in [0.5, 0.6) is 0 Å². The zero-order chi connectivity index (χ0) is 11.2. The van der Waals surface area contributed by atoms with Gasteiger partial charge in [0.15, 0.2) is 0 Å². The van der Waals surface area contributed by atoms with E-state index < -0.39 is 17.7 Å². The summed E-state index contributed by atoms with van der Waals surface area (Å²) in [6, 6.07) is 0. The van der Waals surface area contributed by atoms with E-state index in [4.69, 9.17) is 45.0 Å². The van der Waals surface area contributed by atoms with Crippen molar-refractivity contribution in [3.8, 4) is 0 Å². The van der Waals surface area contributed by atoms with Crippen molar-refractivity contribution in [2.75, 3.05) is 0 Å². The van der Waals surface area contributed by atoms with Crippen LogP contribution in [0, 0.1) is 0 Å². The third-order valence-corrected chi connectivity index (χ3v) is 18.0. The third-order valence-electron chi connectivity index (χ3n) is 1.34. The van der Waals surface area contributed by atoms with Crippen LogP contribution in [0.1, 0.15) is 13.8 Å². The van der Waals surface area contributed by atoms with Crippen molar-refractivity contribution in [2.24, 2.45) is 13.5 Å².